The van der Waals surface area contributed by atoms with E-state index < -0.39 is 0 Å². The first-order valence-corrected chi connectivity index (χ1v) is 10.4. The Balaban J connectivity index is 0. The van der Waals surface area contributed by atoms with E-state index in [9.17, 15) is 0 Å². The molecule has 3 aromatic rings. The normalized spacial score (nSPS) is 9.88. The molecular formula is C21H42N12. The maximum atomic E-state index is 7.10. The van der Waals surface area contributed by atoms with Crippen molar-refractivity contribution >= 4 is 11.9 Å². The number of hydrogen-bond donors (Lipinski definition) is 5. The van der Waals surface area contributed by atoms with Gasteiger partial charge in [-0.05, 0) is 41.0 Å². The molecule has 12 heteroatoms. The number of hydrogen-bond acceptors (Lipinski definition) is 9. The molecule has 0 fully saturated rings. The van der Waals surface area contributed by atoms with Crippen LogP contribution in [0.15, 0.2) is 18.6 Å². The van der Waals surface area contributed by atoms with Gasteiger partial charge >= 0.3 is 0 Å². The van der Waals surface area contributed by atoms with Crippen LogP contribution in [-0.4, -0.2) is 34.7 Å². The van der Waals surface area contributed by atoms with Crippen molar-refractivity contribution in [2.24, 2.45) is 38.5 Å². The molecule has 1 unspecified atom stereocenters. The number of imidazole rings is 3. The zero-order valence-electron chi connectivity index (χ0n) is 21.5. The van der Waals surface area contributed by atoms with E-state index in [0.29, 0.717) is 17.9 Å². The molecule has 0 saturated heterocycles. The van der Waals surface area contributed by atoms with E-state index in [1.54, 1.807) is 4.57 Å². The topological polar surface area (TPSA) is 193 Å². The van der Waals surface area contributed by atoms with Gasteiger partial charge in [-0.3, -0.25) is 5.43 Å². The van der Waals surface area contributed by atoms with Crippen molar-refractivity contribution in [3.63, 3.8) is 0 Å². The highest BCUT2D eigenvalue weighted by molar-refractivity contribution is 5.25. The zero-order chi connectivity index (χ0) is 26.1. The number of nitriles is 1. The molecule has 1 atom stereocenters. The second-order valence-electron chi connectivity index (χ2n) is 7.37. The predicted molar refractivity (Wildman–Crippen MR) is 135 cm³/mol. The summed E-state index contributed by atoms with van der Waals surface area (Å²) in [6.45, 7) is 11.9. The summed E-state index contributed by atoms with van der Waals surface area (Å²) in [6.07, 6.45) is 8.12. The molecule has 0 spiro atoms. The average molecular weight is 463 g/mol. The lowest BCUT2D eigenvalue weighted by Gasteiger charge is -1.95. The molecule has 0 aliphatic heterocycles. The van der Waals surface area contributed by atoms with Crippen LogP contribution >= 0.6 is 0 Å². The Labute approximate surface area is 197 Å². The van der Waals surface area contributed by atoms with Crippen molar-refractivity contribution in [3.05, 3.63) is 41.5 Å². The number of aromatic nitrogens is 6. The molecule has 0 bridgehead atoms. The quantitative estimate of drug-likeness (QED) is 0.162. The van der Waals surface area contributed by atoms with Crippen LogP contribution in [0, 0.1) is 39.1 Å². The highest BCUT2D eigenvalue weighted by Crippen LogP contribution is 2.02. The van der Waals surface area contributed by atoms with Crippen LogP contribution in [0.25, 0.3) is 0 Å². The molecule has 0 radical (unpaired) electrons. The number of nitrogens with two attached hydrogens (primary N) is 4. The second-order valence-corrected chi connectivity index (χ2v) is 7.37. The molecule has 0 aliphatic carbocycles. The fourth-order valence-corrected chi connectivity index (χ4v) is 2.12. The zero-order valence-corrected chi connectivity index (χ0v) is 21.5. The summed E-state index contributed by atoms with van der Waals surface area (Å²) in [7, 11) is 5.75. The third kappa shape index (κ3) is 15.0. The van der Waals surface area contributed by atoms with Gasteiger partial charge in [-0.25, -0.2) is 20.8 Å². The third-order valence-corrected chi connectivity index (χ3v) is 4.03. The van der Waals surface area contributed by atoms with Gasteiger partial charge in [0.15, 0.2) is 12.1 Å². The van der Waals surface area contributed by atoms with Crippen molar-refractivity contribution in [1.82, 2.24) is 28.7 Å². The van der Waals surface area contributed by atoms with Gasteiger partial charge in [0.25, 0.3) is 0 Å². The number of rotatable bonds is 2. The first-order valence-electron chi connectivity index (χ1n) is 10.4. The highest BCUT2D eigenvalue weighted by Gasteiger charge is 1.96. The number of hydrazine groups is 1. The molecule has 3 aromatic heterocycles. The number of anilines is 2. The smallest absolute Gasteiger partial charge is 0.217 e. The minimum Gasteiger partial charge on any atom is -0.369 e. The minimum atomic E-state index is 0.384. The lowest BCUT2D eigenvalue weighted by molar-refractivity contribution is 0.715. The fraction of sp³-hybridized carbons (Fsp3) is 0.524. The van der Waals surface area contributed by atoms with Crippen LogP contribution in [-0.2, 0) is 21.1 Å². The second kappa shape index (κ2) is 17.0. The first kappa shape index (κ1) is 31.6. The standard InChI is InChI=1S/C6H10N2.C5H10N4.C5H9N3.C4H11N.CH2N2/c1-5-4-8(3)6(2)7-5;1-4-3-9(2)5(7-4)8-6;1-4-3-8(2)5(6)7-4;1-3-4(2)5;2-1-3/h4H,1-3H3;3H,6H2,1-2H3,(H,7,8);3H,1-2H3,(H2,6,7);4H,3,5H2,1-2H3;2H2. The van der Waals surface area contributed by atoms with Gasteiger partial charge in [-0.2, -0.15) is 5.26 Å². The summed E-state index contributed by atoms with van der Waals surface area (Å²) >= 11 is 0. The Morgan fingerprint density at radius 1 is 0.939 bits per heavy atom. The summed E-state index contributed by atoms with van der Waals surface area (Å²) in [6, 6.07) is 0.384. The Kier molecular flexibility index (Phi) is 16.3. The lowest BCUT2D eigenvalue weighted by Crippen LogP contribution is -2.11. The molecule has 9 N–H and O–H groups in total. The first-order chi connectivity index (χ1) is 15.3. The van der Waals surface area contributed by atoms with E-state index in [1.807, 2.05) is 83.5 Å². The number of aryl methyl sites for hydroxylation is 7. The Hall–Kier alpha value is -3.56. The molecule has 12 nitrogen and oxygen atoms in total. The Morgan fingerprint density at radius 2 is 1.33 bits per heavy atom. The molecule has 0 saturated carbocycles. The molecule has 3 rings (SSSR count). The van der Waals surface area contributed by atoms with E-state index in [-0.39, 0.29) is 0 Å². The SMILES string of the molecule is CCC(C)N.Cc1cn(C)c(C)n1.Cc1cn(C)c(N)n1.Cc1cn(C)c(NN)n1.N#CN. The average Bonchev–Trinajstić information content (AvgIpc) is 3.32. The van der Waals surface area contributed by atoms with E-state index in [1.165, 1.54) is 6.19 Å². The van der Waals surface area contributed by atoms with Gasteiger partial charge in [-0.1, -0.05) is 6.92 Å². The predicted octanol–water partition coefficient (Wildman–Crippen LogP) is 1.53. The summed E-state index contributed by atoms with van der Waals surface area (Å²) in [4.78, 5) is 12.2. The van der Waals surface area contributed by atoms with Gasteiger partial charge < -0.3 is 30.9 Å². The van der Waals surface area contributed by atoms with E-state index in [0.717, 1.165) is 29.3 Å². The van der Waals surface area contributed by atoms with Crippen LogP contribution in [0.2, 0.25) is 0 Å². The summed E-state index contributed by atoms with van der Waals surface area (Å²) in [5, 5.41) is 7.10. The van der Waals surface area contributed by atoms with Crippen LogP contribution < -0.4 is 28.5 Å². The van der Waals surface area contributed by atoms with Crippen LogP contribution in [0.3, 0.4) is 0 Å². The van der Waals surface area contributed by atoms with Crippen molar-refractivity contribution in [3.8, 4) is 6.19 Å². The van der Waals surface area contributed by atoms with Crippen molar-refractivity contribution < 1.29 is 0 Å². The van der Waals surface area contributed by atoms with Gasteiger partial charge in [0, 0.05) is 45.8 Å². The van der Waals surface area contributed by atoms with Gasteiger partial charge in [-0.15, -0.1) is 0 Å². The number of nitrogen functional groups attached to an aromatic ring is 2. The van der Waals surface area contributed by atoms with Crippen LogP contribution in [0.5, 0.6) is 0 Å². The van der Waals surface area contributed by atoms with Gasteiger partial charge in [0.05, 0.1) is 17.1 Å². The van der Waals surface area contributed by atoms with Crippen molar-refractivity contribution in [1.29, 1.82) is 5.26 Å². The van der Waals surface area contributed by atoms with Gasteiger partial charge in [0.2, 0.25) is 5.95 Å². The summed E-state index contributed by atoms with van der Waals surface area (Å²) < 4.78 is 5.62. The van der Waals surface area contributed by atoms with E-state index >= 15 is 0 Å². The Bertz CT molecular complexity index is 860. The van der Waals surface area contributed by atoms with Gasteiger partial charge in [0.1, 0.15) is 5.82 Å². The van der Waals surface area contributed by atoms with E-state index in [2.05, 4.69) is 33.0 Å². The molecule has 3 heterocycles. The van der Waals surface area contributed by atoms with Crippen molar-refractivity contribution in [2.45, 2.75) is 54.0 Å². The minimum absolute atomic E-state index is 0.384. The molecule has 0 aromatic carbocycles. The highest BCUT2D eigenvalue weighted by atomic mass is 15.3. The molecule has 0 amide bonds. The fourth-order valence-electron chi connectivity index (χ4n) is 2.12. The van der Waals surface area contributed by atoms with Crippen LogP contribution in [0.1, 0.15) is 43.2 Å². The molecule has 0 aliphatic rings. The number of nitrogens with one attached hydrogen (secondary N) is 1. The maximum Gasteiger partial charge on any atom is 0.217 e. The summed E-state index contributed by atoms with van der Waals surface area (Å²) in [5.41, 5.74) is 20.3. The van der Waals surface area contributed by atoms with E-state index in [4.69, 9.17) is 22.6 Å². The monoisotopic (exact) mass is 462 g/mol. The molecule has 186 valence electrons. The Morgan fingerprint density at radius 3 is 1.45 bits per heavy atom. The van der Waals surface area contributed by atoms with Crippen molar-refractivity contribution in [2.75, 3.05) is 11.2 Å². The largest absolute Gasteiger partial charge is 0.369 e. The maximum absolute atomic E-state index is 7.10. The molecular weight excluding hydrogens is 420 g/mol. The molecule has 33 heavy (non-hydrogen) atoms. The third-order valence-electron chi connectivity index (χ3n) is 4.03. The lowest BCUT2D eigenvalue weighted by atomic mass is 10.3. The van der Waals surface area contributed by atoms with Crippen LogP contribution in [0.4, 0.5) is 11.9 Å². The summed E-state index contributed by atoms with van der Waals surface area (Å²) in [5.74, 6) is 7.46. The number of nitrogens with zero attached hydrogens (tertiary/aromatic N) is 7.